The van der Waals surface area contributed by atoms with Crippen molar-refractivity contribution in [3.8, 4) is 67.5 Å². The van der Waals surface area contributed by atoms with Crippen molar-refractivity contribution in [3.63, 3.8) is 0 Å². The predicted octanol–water partition coefficient (Wildman–Crippen LogP) is 12.7. The van der Waals surface area contributed by atoms with Crippen LogP contribution in [0, 0.1) is 29.1 Å². The van der Waals surface area contributed by atoms with Gasteiger partial charge in [0.2, 0.25) is 17.8 Å². The minimum absolute atomic E-state index is 0.0284. The number of halogens is 5. The molecule has 35 heteroatoms. The van der Waals surface area contributed by atoms with Gasteiger partial charge in [0.05, 0.1) is 55.4 Å². The molecule has 0 saturated heterocycles. The van der Waals surface area contributed by atoms with Crippen molar-refractivity contribution in [2.45, 2.75) is 57.1 Å². The molecule has 0 aliphatic heterocycles. The topological polar surface area (TPSA) is 401 Å². The highest BCUT2D eigenvalue weighted by Gasteiger charge is 2.25. The summed E-state index contributed by atoms with van der Waals surface area (Å²) < 4.78 is 125. The molecule has 6 amide bonds. The Morgan fingerprint density at radius 3 is 1.07 bits per heavy atom. The zero-order chi connectivity index (χ0) is 74.6. The van der Waals surface area contributed by atoms with Gasteiger partial charge in [0.15, 0.2) is 37.1 Å². The molecule has 12 rings (SSSR count). The normalized spacial score (nSPS) is 11.1. The lowest BCUT2D eigenvalue weighted by atomic mass is 10.0. The van der Waals surface area contributed by atoms with E-state index in [2.05, 4.69) is 77.1 Å². The van der Waals surface area contributed by atoms with E-state index in [1.807, 2.05) is 20.8 Å². The number of carbonyl (C=O) groups is 3. The molecule has 12 N–H and O–H groups in total. The van der Waals surface area contributed by atoms with Crippen LogP contribution < -0.4 is 49.1 Å². The molecule has 6 aromatic heterocycles. The molecule has 104 heavy (non-hydrogen) atoms. The molecule has 0 radical (unpaired) electrons. The van der Waals surface area contributed by atoms with E-state index in [1.54, 1.807) is 88.1 Å². The third-order valence-electron chi connectivity index (χ3n) is 15.2. The summed E-state index contributed by atoms with van der Waals surface area (Å²) in [5, 5.41) is 28.1. The molecule has 12 aromatic rings. The van der Waals surface area contributed by atoms with Crippen molar-refractivity contribution >= 4 is 89.7 Å². The van der Waals surface area contributed by atoms with Crippen LogP contribution in [0.5, 0.6) is 0 Å². The number of nitrogen functional groups attached to an aromatic ring is 3. The third-order valence-corrected chi connectivity index (χ3v) is 18.1. The molecule has 534 valence electrons. The summed E-state index contributed by atoms with van der Waals surface area (Å²) in [6, 6.07) is 30.3. The second-order valence-electron chi connectivity index (χ2n) is 22.2. The summed E-state index contributed by atoms with van der Waals surface area (Å²) in [5.41, 5.74) is 21.8. The Hall–Kier alpha value is -13.1. The molecule has 0 saturated carbocycles. The van der Waals surface area contributed by atoms with Gasteiger partial charge in [-0.05, 0) is 118 Å². The van der Waals surface area contributed by atoms with Gasteiger partial charge >= 0.3 is 18.1 Å². The van der Waals surface area contributed by atoms with Gasteiger partial charge in [-0.1, -0.05) is 43.3 Å². The second-order valence-corrected chi connectivity index (χ2v) is 26.5. The minimum Gasteiger partial charge on any atom is -0.368 e. The monoisotopic (exact) mass is 1460 g/mol. The van der Waals surface area contributed by atoms with E-state index in [1.165, 1.54) is 91.4 Å². The van der Waals surface area contributed by atoms with Gasteiger partial charge < -0.3 is 49.1 Å². The molecule has 28 nitrogen and oxygen atoms in total. The Kier molecular flexibility index (Phi) is 22.7. The van der Waals surface area contributed by atoms with Crippen molar-refractivity contribution in [3.05, 3.63) is 206 Å². The quantitative estimate of drug-likeness (QED) is 0.0360. The number of nitrogens with one attached hydrogen (secondary N) is 6. The van der Waals surface area contributed by atoms with Crippen LogP contribution in [-0.4, -0.2) is 106 Å². The maximum Gasteiger partial charge on any atom is 0.323 e. The molecule has 0 unspecified atom stereocenters. The molecule has 0 fully saturated rings. The molecule has 6 aromatic carbocycles. The lowest BCUT2D eigenvalue weighted by molar-refractivity contribution is 0.261. The van der Waals surface area contributed by atoms with Crippen LogP contribution in [0.3, 0.4) is 0 Å². The first-order chi connectivity index (χ1) is 49.7. The highest BCUT2D eigenvalue weighted by molar-refractivity contribution is 7.91. The molecule has 0 spiro atoms. The summed E-state index contributed by atoms with van der Waals surface area (Å²) in [6.07, 6.45) is 10.6. The number of carbonyl (C=O) groups excluding carboxylic acids is 3. The fraction of sp³-hybridized carbons (Fsp3) is 0.130. The maximum atomic E-state index is 15.6. The van der Waals surface area contributed by atoms with Gasteiger partial charge in [-0.15, -0.1) is 0 Å². The van der Waals surface area contributed by atoms with Crippen LogP contribution in [0.25, 0.3) is 67.5 Å². The number of aromatic nitrogens is 12. The van der Waals surface area contributed by atoms with E-state index >= 15 is 13.2 Å². The first-order valence-corrected chi connectivity index (χ1v) is 34.9. The van der Waals surface area contributed by atoms with Gasteiger partial charge in [0, 0.05) is 114 Å². The summed E-state index contributed by atoms with van der Waals surface area (Å²) >= 11 is 0. The van der Waals surface area contributed by atoms with Crippen LogP contribution in [0.2, 0.25) is 0 Å². The summed E-state index contributed by atoms with van der Waals surface area (Å²) in [5.74, 6) is -3.64. The molecule has 0 aliphatic rings. The van der Waals surface area contributed by atoms with E-state index in [4.69, 9.17) is 17.2 Å². The third kappa shape index (κ3) is 17.7. The number of nitrogens with two attached hydrogens (primary N) is 3. The number of hydrogen-bond acceptors (Lipinski definition) is 19. The van der Waals surface area contributed by atoms with Gasteiger partial charge in [-0.2, -0.15) is 15.3 Å². The zero-order valence-corrected chi connectivity index (χ0v) is 57.4. The summed E-state index contributed by atoms with van der Waals surface area (Å²) in [4.78, 5) is 61.8. The Morgan fingerprint density at radius 2 is 0.750 bits per heavy atom. The molecular formula is C69H64F5N21O7S2. The summed E-state index contributed by atoms with van der Waals surface area (Å²) in [7, 11) is -6.71. The number of nitrogens with zero attached hydrogens (tertiary/aromatic N) is 12. The largest absolute Gasteiger partial charge is 0.368 e. The van der Waals surface area contributed by atoms with E-state index in [-0.39, 0.29) is 72.8 Å². The number of anilines is 9. The van der Waals surface area contributed by atoms with Gasteiger partial charge in [0.1, 0.15) is 28.7 Å². The molecule has 6 heterocycles. The second kappa shape index (κ2) is 32.1. The van der Waals surface area contributed by atoms with Crippen LogP contribution in [0.1, 0.15) is 27.7 Å². The standard InChI is InChI=1S/C24H24FN7O3S.C23H22FN7O3S.C22H18F3N7O/c1-3-32-14-18(22(31-32)20-12-13-27-23(26)29-20)17-6-5-7-19(21(17)25)30-24(33)28-15-8-10-16(11-9-15)36(34,35)4-2;1-3-31-13-17(21(30-31)19-11-12-26-22(25)28-19)16-5-4-6-18(20(16)24)29-23(32)27-14-7-9-15(10-8-14)35(2,33)34;1-2-32-11-14(20(31-32)18-8-9-27-21(26)28-18)13-4-3-5-17(19(13)25)30-22(33)29-16-7-6-12(23)10-15(16)24/h5-14H,3-4H2,1-2H3,(H2,26,27,29)(H2,28,30,33);4-13H,3H2,1-2H3,(H2,25,26,28)(H2,27,29,32);3-11H,2H2,1H3,(H2,26,27,28)(H2,29,30,33). The van der Waals surface area contributed by atoms with Crippen LogP contribution in [0.15, 0.2) is 186 Å². The van der Waals surface area contributed by atoms with E-state index < -0.39 is 66.9 Å². The first-order valence-electron chi connectivity index (χ1n) is 31.4. The maximum absolute atomic E-state index is 15.6. The number of amides is 6. The lowest BCUT2D eigenvalue weighted by Crippen LogP contribution is -2.21. The van der Waals surface area contributed by atoms with Gasteiger partial charge in [-0.25, -0.2) is 83.1 Å². The Balaban J connectivity index is 0.000000168. The Bertz CT molecular complexity index is 5420. The van der Waals surface area contributed by atoms with Crippen molar-refractivity contribution in [1.82, 2.24) is 59.2 Å². The van der Waals surface area contributed by atoms with E-state index in [0.717, 1.165) is 18.4 Å². The summed E-state index contributed by atoms with van der Waals surface area (Å²) in [6.45, 7) is 8.85. The zero-order valence-electron chi connectivity index (χ0n) is 55.7. The fourth-order valence-corrected chi connectivity index (χ4v) is 11.6. The average molecular weight is 1460 g/mol. The molecule has 0 bridgehead atoms. The van der Waals surface area contributed by atoms with Crippen molar-refractivity contribution in [1.29, 1.82) is 0 Å². The van der Waals surface area contributed by atoms with Gasteiger partial charge in [0.25, 0.3) is 0 Å². The van der Waals surface area contributed by atoms with Crippen LogP contribution in [0.4, 0.5) is 88.3 Å². The molecule has 0 aliphatic carbocycles. The predicted molar refractivity (Wildman–Crippen MR) is 384 cm³/mol. The molecule has 0 atom stereocenters. The van der Waals surface area contributed by atoms with Gasteiger partial charge in [-0.3, -0.25) is 14.0 Å². The SMILES string of the molecule is CCn1cc(-c2cccc(NC(=O)Nc3ccc(F)cc3F)c2F)c(-c2ccnc(N)n2)n1.CCn1cc(-c2cccc(NC(=O)Nc3ccc(S(=O)(=O)CC)cc3)c2F)c(-c2ccnc(N)n2)n1.CCn1cc(-c2cccc(NC(=O)Nc3ccc(S(C)(=O)=O)cc3)c2F)c(-c2ccnc(N)n2)n1. The number of hydrogen-bond donors (Lipinski definition) is 9. The van der Waals surface area contributed by atoms with Crippen molar-refractivity contribution in [2.24, 2.45) is 0 Å². The van der Waals surface area contributed by atoms with Crippen molar-refractivity contribution in [2.75, 3.05) is 61.1 Å². The van der Waals surface area contributed by atoms with Crippen LogP contribution in [-0.2, 0) is 39.3 Å². The van der Waals surface area contributed by atoms with E-state index in [0.29, 0.717) is 87.9 Å². The fourth-order valence-electron chi connectivity index (χ4n) is 10.1. The highest BCUT2D eigenvalue weighted by atomic mass is 32.2. The Labute approximate surface area is 590 Å². The number of aryl methyl sites for hydroxylation is 3. The minimum atomic E-state index is -3.36. The highest BCUT2D eigenvalue weighted by Crippen LogP contribution is 2.38. The molecular weight excluding hydrogens is 1390 g/mol. The smallest absolute Gasteiger partial charge is 0.323 e. The number of rotatable bonds is 18. The number of urea groups is 3. The lowest BCUT2D eigenvalue weighted by Gasteiger charge is -2.11. The number of sulfone groups is 2. The van der Waals surface area contributed by atoms with E-state index in [9.17, 15) is 40.0 Å². The average Bonchev–Trinajstić information content (AvgIpc) is 1.62. The first kappa shape index (κ1) is 73.7. The van der Waals surface area contributed by atoms with Crippen LogP contribution >= 0.6 is 0 Å². The van der Waals surface area contributed by atoms with Crippen molar-refractivity contribution < 1.29 is 53.2 Å². The number of benzene rings is 6. The Morgan fingerprint density at radius 1 is 0.413 bits per heavy atom.